The lowest BCUT2D eigenvalue weighted by Crippen LogP contribution is -2.29. The van der Waals surface area contributed by atoms with Gasteiger partial charge in [0.2, 0.25) is 0 Å². The molecule has 1 heterocycles. The maximum absolute atomic E-state index is 11.3. The Labute approximate surface area is 124 Å². The van der Waals surface area contributed by atoms with Crippen LogP contribution in [0.25, 0.3) is 0 Å². The largest absolute Gasteiger partial charge is 0.482 e. The van der Waals surface area contributed by atoms with Gasteiger partial charge in [-0.15, -0.1) is 13.2 Å². The third kappa shape index (κ3) is 3.93. The molecule has 1 aromatic carbocycles. The lowest BCUT2D eigenvalue weighted by molar-refractivity contribution is -0.118. The Morgan fingerprint density at radius 2 is 2.10 bits per heavy atom. The first kappa shape index (κ1) is 15.3. The van der Waals surface area contributed by atoms with Gasteiger partial charge in [-0.1, -0.05) is 18.2 Å². The number of aliphatic hydroxyl groups excluding tert-OH is 1. The molecule has 1 atom stereocenters. The van der Waals surface area contributed by atoms with Gasteiger partial charge in [0.05, 0.1) is 11.8 Å². The summed E-state index contributed by atoms with van der Waals surface area (Å²) in [6.45, 7) is 9.26. The minimum absolute atomic E-state index is 0.0291. The first-order chi connectivity index (χ1) is 10.1. The van der Waals surface area contributed by atoms with Crippen molar-refractivity contribution in [1.29, 1.82) is 0 Å². The van der Waals surface area contributed by atoms with Gasteiger partial charge in [-0.25, -0.2) is 0 Å². The lowest BCUT2D eigenvalue weighted by atomic mass is 10.1. The molecule has 0 saturated heterocycles. The van der Waals surface area contributed by atoms with E-state index in [1.54, 1.807) is 30.4 Å². The van der Waals surface area contributed by atoms with Crippen LogP contribution in [0.15, 0.2) is 43.5 Å². The molecule has 1 amide bonds. The van der Waals surface area contributed by atoms with E-state index in [1.807, 2.05) is 4.90 Å². The van der Waals surface area contributed by atoms with E-state index < -0.39 is 6.10 Å². The highest BCUT2D eigenvalue weighted by molar-refractivity contribution is 5.95. The summed E-state index contributed by atoms with van der Waals surface area (Å²) in [7, 11) is 0. The van der Waals surface area contributed by atoms with Crippen LogP contribution in [0.3, 0.4) is 0 Å². The number of nitrogens with zero attached hydrogens (tertiary/aromatic N) is 1. The van der Waals surface area contributed by atoms with Crippen LogP contribution >= 0.6 is 0 Å². The van der Waals surface area contributed by atoms with E-state index in [1.165, 1.54) is 0 Å². The Morgan fingerprint density at radius 1 is 1.38 bits per heavy atom. The van der Waals surface area contributed by atoms with Gasteiger partial charge in [-0.3, -0.25) is 9.69 Å². The molecule has 0 fully saturated rings. The Bertz CT molecular complexity index is 532. The minimum Gasteiger partial charge on any atom is -0.482 e. The number of hydrogen-bond donors (Lipinski definition) is 2. The number of amides is 1. The van der Waals surface area contributed by atoms with Gasteiger partial charge < -0.3 is 15.2 Å². The number of hydrogen-bond acceptors (Lipinski definition) is 4. The van der Waals surface area contributed by atoms with Crippen molar-refractivity contribution in [2.45, 2.75) is 6.10 Å². The molecule has 0 bridgehead atoms. The first-order valence-electron chi connectivity index (χ1n) is 6.83. The van der Waals surface area contributed by atoms with E-state index in [9.17, 15) is 9.90 Å². The number of nitrogens with one attached hydrogen (secondary N) is 1. The number of carbonyl (C=O) groups is 1. The second-order valence-electron chi connectivity index (χ2n) is 4.90. The van der Waals surface area contributed by atoms with Gasteiger partial charge in [-0.05, 0) is 17.7 Å². The third-order valence-corrected chi connectivity index (χ3v) is 3.23. The van der Waals surface area contributed by atoms with E-state index in [0.29, 0.717) is 31.1 Å². The van der Waals surface area contributed by atoms with E-state index >= 15 is 0 Å². The second kappa shape index (κ2) is 7.06. The average Bonchev–Trinajstić information content (AvgIpc) is 2.47. The minimum atomic E-state index is -0.658. The van der Waals surface area contributed by atoms with Crippen molar-refractivity contribution >= 4 is 11.6 Å². The zero-order valence-electron chi connectivity index (χ0n) is 11.9. The van der Waals surface area contributed by atoms with Crippen LogP contribution in [0, 0.1) is 0 Å². The molecule has 112 valence electrons. The van der Waals surface area contributed by atoms with Crippen molar-refractivity contribution in [3.05, 3.63) is 49.1 Å². The third-order valence-electron chi connectivity index (χ3n) is 3.23. The molecule has 2 rings (SSSR count). The maximum atomic E-state index is 11.3. The molecule has 5 nitrogen and oxygen atoms in total. The molecule has 2 N–H and O–H groups in total. The van der Waals surface area contributed by atoms with Gasteiger partial charge in [0.15, 0.2) is 6.61 Å². The normalized spacial score (nSPS) is 14.9. The zero-order valence-corrected chi connectivity index (χ0v) is 11.9. The number of fused-ring (bicyclic) bond motifs is 1. The highest BCUT2D eigenvalue weighted by Crippen LogP contribution is 2.30. The summed E-state index contributed by atoms with van der Waals surface area (Å²) >= 11 is 0. The monoisotopic (exact) mass is 288 g/mol. The quantitative estimate of drug-likeness (QED) is 0.750. The molecule has 1 aromatic rings. The molecular weight excluding hydrogens is 268 g/mol. The van der Waals surface area contributed by atoms with Crippen LogP contribution in [-0.2, 0) is 4.79 Å². The fourth-order valence-electron chi connectivity index (χ4n) is 2.25. The van der Waals surface area contributed by atoms with Crippen LogP contribution in [0.4, 0.5) is 5.69 Å². The predicted molar refractivity (Wildman–Crippen MR) is 82.4 cm³/mol. The Hall–Kier alpha value is -2.11. The fourth-order valence-corrected chi connectivity index (χ4v) is 2.25. The number of carbonyl (C=O) groups excluding carboxylic acids is 1. The number of ether oxygens (including phenoxy) is 1. The molecule has 1 aliphatic heterocycles. The Morgan fingerprint density at radius 3 is 2.76 bits per heavy atom. The Balaban J connectivity index is 2.09. The second-order valence-corrected chi connectivity index (χ2v) is 4.90. The van der Waals surface area contributed by atoms with E-state index in [4.69, 9.17) is 4.74 Å². The molecule has 21 heavy (non-hydrogen) atoms. The topological polar surface area (TPSA) is 61.8 Å². The predicted octanol–water partition coefficient (Wildman–Crippen LogP) is 1.72. The molecule has 0 aromatic heterocycles. The summed E-state index contributed by atoms with van der Waals surface area (Å²) in [5, 5.41) is 13.1. The van der Waals surface area contributed by atoms with Crippen LogP contribution in [0.5, 0.6) is 5.75 Å². The number of rotatable bonds is 7. The molecule has 0 saturated carbocycles. The van der Waals surface area contributed by atoms with Gasteiger partial charge in [0.25, 0.3) is 5.91 Å². The first-order valence-corrected chi connectivity index (χ1v) is 6.83. The molecular formula is C16H20N2O3. The molecule has 0 spiro atoms. The van der Waals surface area contributed by atoms with Crippen LogP contribution in [0.1, 0.15) is 11.7 Å². The highest BCUT2D eigenvalue weighted by Gasteiger charge is 2.19. The van der Waals surface area contributed by atoms with Crippen molar-refractivity contribution in [3.8, 4) is 5.75 Å². The van der Waals surface area contributed by atoms with E-state index in [-0.39, 0.29) is 12.5 Å². The van der Waals surface area contributed by atoms with Crippen molar-refractivity contribution in [2.75, 3.05) is 31.6 Å². The van der Waals surface area contributed by atoms with Gasteiger partial charge >= 0.3 is 0 Å². The molecule has 0 radical (unpaired) electrons. The van der Waals surface area contributed by atoms with Crippen LogP contribution < -0.4 is 10.1 Å². The lowest BCUT2D eigenvalue weighted by Gasteiger charge is -2.24. The smallest absolute Gasteiger partial charge is 0.262 e. The standard InChI is InChI=1S/C16H20N2O3/c1-3-7-18(8-4-2)10-14(19)12-5-6-15-13(9-12)17-16(20)11-21-15/h3-6,9,14,19H,1-2,7-8,10-11H2,(H,17,20). The van der Waals surface area contributed by atoms with Crippen molar-refractivity contribution in [2.24, 2.45) is 0 Å². The van der Waals surface area contributed by atoms with Gasteiger partial charge in [0.1, 0.15) is 5.75 Å². The Kier molecular flexibility index (Phi) is 5.14. The summed E-state index contributed by atoms with van der Waals surface area (Å²) in [4.78, 5) is 13.4. The molecule has 5 heteroatoms. The molecule has 1 unspecified atom stereocenters. The van der Waals surface area contributed by atoms with E-state index in [0.717, 1.165) is 5.56 Å². The summed E-state index contributed by atoms with van der Waals surface area (Å²) < 4.78 is 5.30. The van der Waals surface area contributed by atoms with Gasteiger partial charge in [-0.2, -0.15) is 0 Å². The highest BCUT2D eigenvalue weighted by atomic mass is 16.5. The summed E-state index contributed by atoms with van der Waals surface area (Å²) in [5.41, 5.74) is 1.33. The van der Waals surface area contributed by atoms with Crippen molar-refractivity contribution < 1.29 is 14.6 Å². The average molecular weight is 288 g/mol. The van der Waals surface area contributed by atoms with Crippen molar-refractivity contribution in [1.82, 2.24) is 4.90 Å². The summed E-state index contributed by atoms with van der Waals surface area (Å²) in [6, 6.07) is 5.32. The summed E-state index contributed by atoms with van der Waals surface area (Å²) in [5.74, 6) is 0.439. The van der Waals surface area contributed by atoms with Gasteiger partial charge in [0, 0.05) is 19.6 Å². The molecule has 0 aliphatic carbocycles. The fraction of sp³-hybridized carbons (Fsp3) is 0.312. The van der Waals surface area contributed by atoms with Crippen LogP contribution in [0.2, 0.25) is 0 Å². The number of aliphatic hydroxyl groups is 1. The maximum Gasteiger partial charge on any atom is 0.262 e. The number of anilines is 1. The SMILES string of the molecule is C=CCN(CC=C)CC(O)c1ccc2c(c1)NC(=O)CO2. The van der Waals surface area contributed by atoms with Crippen LogP contribution in [-0.4, -0.2) is 42.2 Å². The number of benzene rings is 1. The molecule has 1 aliphatic rings. The summed E-state index contributed by atoms with van der Waals surface area (Å²) in [6.07, 6.45) is 2.92. The van der Waals surface area contributed by atoms with Crippen molar-refractivity contribution in [3.63, 3.8) is 0 Å². The zero-order chi connectivity index (χ0) is 15.2. The van der Waals surface area contributed by atoms with E-state index in [2.05, 4.69) is 18.5 Å².